The van der Waals surface area contributed by atoms with Crippen molar-refractivity contribution < 1.29 is 5.82 Å². The van der Waals surface area contributed by atoms with Gasteiger partial charge in [-0.25, -0.2) is 4.39 Å². The van der Waals surface area contributed by atoms with Crippen LogP contribution in [0.5, 0.6) is 0 Å². The highest BCUT2D eigenvalue weighted by atomic mass is 19.1. The van der Waals surface area contributed by atoms with E-state index < -0.39 is 0 Å². The molecule has 0 spiro atoms. The Balaban J connectivity index is 0.000000970. The molecule has 0 aliphatic carbocycles. The van der Waals surface area contributed by atoms with Crippen LogP contribution >= 0.6 is 0 Å². The van der Waals surface area contributed by atoms with E-state index in [9.17, 15) is 9.18 Å². The van der Waals surface area contributed by atoms with Crippen LogP contribution in [0, 0.1) is 5.82 Å². The molecule has 0 saturated carbocycles. The first kappa shape index (κ1) is 19.5. The average molecular weight is 379 g/mol. The lowest BCUT2D eigenvalue weighted by Crippen LogP contribution is -2.17. The molecule has 4 rings (SSSR count). The number of benzene rings is 2. The third kappa shape index (κ3) is 3.48. The number of pyridine rings is 1. The number of nitrogens with two attached hydrogens (primary N) is 1. The van der Waals surface area contributed by atoms with Crippen LogP contribution in [0.15, 0.2) is 64.5 Å². The Morgan fingerprint density at radius 1 is 1.04 bits per heavy atom. The number of aromatic nitrogens is 1. The van der Waals surface area contributed by atoms with Crippen molar-refractivity contribution in [3.63, 3.8) is 0 Å². The molecule has 1 unspecified atom stereocenters. The van der Waals surface area contributed by atoms with Crippen molar-refractivity contribution in [2.24, 2.45) is 12.0 Å². The Bertz CT molecular complexity index is 1100. The second kappa shape index (κ2) is 7.80. The van der Waals surface area contributed by atoms with Gasteiger partial charge in [-0.1, -0.05) is 19.9 Å². The minimum absolute atomic E-state index is 0. The molecule has 0 amide bonds. The summed E-state index contributed by atoms with van der Waals surface area (Å²) < 4.78 is 14.9. The predicted molar refractivity (Wildman–Crippen MR) is 115 cm³/mol. The molecule has 28 heavy (non-hydrogen) atoms. The molecule has 2 heterocycles. The maximum atomic E-state index is 13.4. The van der Waals surface area contributed by atoms with Gasteiger partial charge in [0.15, 0.2) is 0 Å². The summed E-state index contributed by atoms with van der Waals surface area (Å²) in [4.78, 5) is 17.0. The minimum Gasteiger partial charge on any atom is -0.399 e. The van der Waals surface area contributed by atoms with E-state index in [2.05, 4.69) is 0 Å². The molecule has 1 aliphatic rings. The summed E-state index contributed by atoms with van der Waals surface area (Å²) in [5.74, 6) is -0.292. The summed E-state index contributed by atoms with van der Waals surface area (Å²) in [5, 5.41) is 0. The van der Waals surface area contributed by atoms with Crippen LogP contribution in [0.3, 0.4) is 0 Å². The number of aryl methyl sites for hydroxylation is 1. The number of nitrogens with zero attached hydrogens (tertiary/aromatic N) is 2. The standard InChI is InChI=1S/C21H18FN3O.C2H6.H2/c1-12-17-10-20(26)25(2)11-19(17)18-9-15(23)7-8-16(18)21(24-12)13-3-5-14(22)6-4-13;1-2;/h3-12H,23H2,1-2H3;1-2H3;1H. The maximum absolute atomic E-state index is 13.4. The highest BCUT2D eigenvalue weighted by Crippen LogP contribution is 2.37. The van der Waals surface area contributed by atoms with Gasteiger partial charge in [-0.2, -0.15) is 0 Å². The van der Waals surface area contributed by atoms with E-state index in [1.807, 2.05) is 45.2 Å². The zero-order valence-corrected chi connectivity index (χ0v) is 16.5. The summed E-state index contributed by atoms with van der Waals surface area (Å²) >= 11 is 0. The van der Waals surface area contributed by atoms with Gasteiger partial charge < -0.3 is 10.3 Å². The van der Waals surface area contributed by atoms with Crippen LogP contribution in [-0.2, 0) is 7.05 Å². The first-order valence-corrected chi connectivity index (χ1v) is 9.38. The Morgan fingerprint density at radius 3 is 2.39 bits per heavy atom. The highest BCUT2D eigenvalue weighted by Gasteiger charge is 2.23. The van der Waals surface area contributed by atoms with Crippen LogP contribution in [0.25, 0.3) is 11.1 Å². The minimum atomic E-state index is -0.292. The topological polar surface area (TPSA) is 60.4 Å². The van der Waals surface area contributed by atoms with E-state index in [1.54, 1.807) is 29.8 Å². The monoisotopic (exact) mass is 379 g/mol. The number of fused-ring (bicyclic) bond motifs is 3. The van der Waals surface area contributed by atoms with Crippen molar-refractivity contribution in [3.8, 4) is 11.1 Å². The van der Waals surface area contributed by atoms with Gasteiger partial charge in [0.25, 0.3) is 5.56 Å². The normalized spacial score (nSPS) is 14.8. The number of anilines is 1. The fourth-order valence-electron chi connectivity index (χ4n) is 3.38. The van der Waals surface area contributed by atoms with Gasteiger partial charge >= 0.3 is 0 Å². The first-order valence-electron chi connectivity index (χ1n) is 9.38. The molecular weight excluding hydrogens is 353 g/mol. The van der Waals surface area contributed by atoms with Crippen molar-refractivity contribution in [2.45, 2.75) is 26.8 Å². The molecule has 0 fully saturated rings. The molecule has 0 bridgehead atoms. The summed E-state index contributed by atoms with van der Waals surface area (Å²) in [7, 11) is 1.73. The van der Waals surface area contributed by atoms with Gasteiger partial charge in [0.05, 0.1) is 11.8 Å². The maximum Gasteiger partial charge on any atom is 0.250 e. The van der Waals surface area contributed by atoms with Crippen LogP contribution in [0.1, 0.15) is 44.9 Å². The number of hydrogen-bond donors (Lipinski definition) is 1. The number of halogens is 1. The molecule has 1 aliphatic heterocycles. The fraction of sp³-hybridized carbons (Fsp3) is 0.217. The molecule has 0 saturated heterocycles. The SMILES string of the molecule is CC.CC1N=C(c2ccc(F)cc2)c2ccc(N)cc2-c2cn(C)c(=O)cc21.[HH]. The van der Waals surface area contributed by atoms with Crippen molar-refractivity contribution in [2.75, 3.05) is 5.73 Å². The second-order valence-electron chi connectivity index (χ2n) is 6.56. The van der Waals surface area contributed by atoms with E-state index >= 15 is 0 Å². The third-order valence-corrected chi connectivity index (χ3v) is 4.74. The highest BCUT2D eigenvalue weighted by molar-refractivity contribution is 6.17. The second-order valence-corrected chi connectivity index (χ2v) is 6.56. The Hall–Kier alpha value is -3.21. The summed E-state index contributed by atoms with van der Waals surface area (Å²) in [6.07, 6.45) is 1.83. The molecule has 2 aromatic carbocycles. The number of rotatable bonds is 1. The van der Waals surface area contributed by atoms with Crippen molar-refractivity contribution in [3.05, 3.63) is 87.6 Å². The zero-order valence-electron chi connectivity index (χ0n) is 16.5. The molecule has 1 aromatic heterocycles. The Morgan fingerprint density at radius 2 is 1.71 bits per heavy atom. The largest absolute Gasteiger partial charge is 0.399 e. The Kier molecular flexibility index (Phi) is 5.45. The first-order chi connectivity index (χ1) is 13.4. The van der Waals surface area contributed by atoms with Crippen molar-refractivity contribution in [1.29, 1.82) is 0 Å². The van der Waals surface area contributed by atoms with Gasteiger partial charge in [0.2, 0.25) is 0 Å². The molecular formula is C23H26FN3O. The molecule has 1 atom stereocenters. The van der Waals surface area contributed by atoms with Gasteiger partial charge in [0, 0.05) is 43.1 Å². The quantitative estimate of drug-likeness (QED) is 0.608. The number of hydrogen-bond acceptors (Lipinski definition) is 3. The van der Waals surface area contributed by atoms with E-state index in [1.165, 1.54) is 12.1 Å². The van der Waals surface area contributed by atoms with Gasteiger partial charge in [0.1, 0.15) is 5.82 Å². The van der Waals surface area contributed by atoms with Gasteiger partial charge in [-0.3, -0.25) is 9.79 Å². The van der Waals surface area contributed by atoms with E-state index in [-0.39, 0.29) is 18.8 Å². The Labute approximate surface area is 165 Å². The molecule has 0 radical (unpaired) electrons. The summed E-state index contributed by atoms with van der Waals surface area (Å²) in [5.41, 5.74) is 11.8. The lowest BCUT2D eigenvalue weighted by molar-refractivity contribution is 0.628. The molecule has 4 nitrogen and oxygen atoms in total. The molecule has 5 heteroatoms. The molecule has 146 valence electrons. The predicted octanol–water partition coefficient (Wildman–Crippen LogP) is 4.96. The zero-order chi connectivity index (χ0) is 20.4. The van der Waals surface area contributed by atoms with Gasteiger partial charge in [-0.15, -0.1) is 0 Å². The van der Waals surface area contributed by atoms with Crippen molar-refractivity contribution >= 4 is 11.4 Å². The van der Waals surface area contributed by atoms with Crippen LogP contribution in [0.2, 0.25) is 0 Å². The summed E-state index contributed by atoms with van der Waals surface area (Å²) in [6.45, 7) is 5.96. The fourth-order valence-corrected chi connectivity index (χ4v) is 3.38. The van der Waals surface area contributed by atoms with Crippen molar-refractivity contribution in [1.82, 2.24) is 4.57 Å². The third-order valence-electron chi connectivity index (χ3n) is 4.74. The lowest BCUT2D eigenvalue weighted by atomic mass is 9.92. The molecule has 2 N–H and O–H groups in total. The molecule has 3 aromatic rings. The smallest absolute Gasteiger partial charge is 0.250 e. The van der Waals surface area contributed by atoms with Crippen LogP contribution in [0.4, 0.5) is 10.1 Å². The summed E-state index contributed by atoms with van der Waals surface area (Å²) in [6, 6.07) is 13.4. The van der Waals surface area contributed by atoms with E-state index in [0.717, 1.165) is 33.5 Å². The van der Waals surface area contributed by atoms with E-state index in [4.69, 9.17) is 10.7 Å². The van der Waals surface area contributed by atoms with Crippen LogP contribution in [-0.4, -0.2) is 10.3 Å². The van der Waals surface area contributed by atoms with Crippen LogP contribution < -0.4 is 11.3 Å². The van der Waals surface area contributed by atoms with E-state index in [0.29, 0.717) is 5.69 Å². The van der Waals surface area contributed by atoms with Gasteiger partial charge in [-0.05, 0) is 54.4 Å². The number of nitrogen functional groups attached to an aromatic ring is 1. The lowest BCUT2D eigenvalue weighted by Gasteiger charge is -2.13. The average Bonchev–Trinajstić information content (AvgIpc) is 2.80. The number of aliphatic imine (C=N–C) groups is 1.